The molecule has 2 aromatic heterocycles. The second-order valence-electron chi connectivity index (χ2n) is 8.55. The van der Waals surface area contributed by atoms with E-state index in [0.717, 1.165) is 37.8 Å². The molecule has 0 bridgehead atoms. The number of ether oxygens (including phenoxy) is 1. The Kier molecular flexibility index (Phi) is 4.59. The molecular formula is C22H25FN6O2. The maximum atomic E-state index is 13.7. The van der Waals surface area contributed by atoms with Crippen molar-refractivity contribution in [1.29, 1.82) is 5.26 Å². The molecule has 3 aromatic rings. The smallest absolute Gasteiger partial charge is 0.232 e. The lowest BCUT2D eigenvalue weighted by Gasteiger charge is -2.53. The lowest BCUT2D eigenvalue weighted by molar-refractivity contribution is -0.164. The van der Waals surface area contributed by atoms with Gasteiger partial charge in [0.15, 0.2) is 5.82 Å². The molecule has 2 aliphatic rings. The number of halogens is 1. The van der Waals surface area contributed by atoms with Crippen LogP contribution in [0.3, 0.4) is 0 Å². The molecule has 3 heterocycles. The first-order valence-corrected chi connectivity index (χ1v) is 10.1. The van der Waals surface area contributed by atoms with Crippen LogP contribution in [0.2, 0.25) is 0 Å². The van der Waals surface area contributed by atoms with Crippen LogP contribution < -0.4 is 5.32 Å². The molecule has 1 aliphatic heterocycles. The van der Waals surface area contributed by atoms with Crippen LogP contribution in [0.5, 0.6) is 0 Å². The highest BCUT2D eigenvalue weighted by molar-refractivity contribution is 5.94. The summed E-state index contributed by atoms with van der Waals surface area (Å²) < 4.78 is 20.5. The molecule has 8 nitrogen and oxygen atoms in total. The fourth-order valence-electron chi connectivity index (χ4n) is 4.30. The van der Waals surface area contributed by atoms with Crippen LogP contribution in [0, 0.1) is 22.6 Å². The van der Waals surface area contributed by atoms with Crippen LogP contribution in [0.15, 0.2) is 36.7 Å². The van der Waals surface area contributed by atoms with Crippen LogP contribution in [0.4, 0.5) is 10.2 Å². The third-order valence-electron chi connectivity index (χ3n) is 6.24. The highest BCUT2D eigenvalue weighted by Gasteiger charge is 2.50. The summed E-state index contributed by atoms with van der Waals surface area (Å²) in [6, 6.07) is 7.79. The standard InChI is InChI=1S/C22H21FN6O2.2H2/c1-13(16-9-25-29(10-16)18-3-14(8-24)2-17(23)4-18)21(30)26-20-5-19(27-28-20)15-6-22(7-15)11-31-12-22;;/h2-5,9-10,13,15H,6-7,11-12H2,1H3,(H2,26,27,28,30);2*1H/t13-;;/m1../s1. The molecule has 9 heteroatoms. The number of carbonyl (C=O) groups is 1. The first-order chi connectivity index (χ1) is 14.9. The molecule has 1 aliphatic carbocycles. The number of rotatable bonds is 5. The van der Waals surface area contributed by atoms with E-state index < -0.39 is 11.7 Å². The van der Waals surface area contributed by atoms with E-state index in [1.807, 2.05) is 12.1 Å². The summed E-state index contributed by atoms with van der Waals surface area (Å²) in [6.45, 7) is 3.46. The number of amides is 1. The lowest BCUT2D eigenvalue weighted by Crippen LogP contribution is -2.51. The highest BCUT2D eigenvalue weighted by Crippen LogP contribution is 2.54. The van der Waals surface area contributed by atoms with E-state index in [1.54, 1.807) is 19.3 Å². The van der Waals surface area contributed by atoms with Crippen molar-refractivity contribution in [3.8, 4) is 11.8 Å². The molecule has 1 saturated carbocycles. The Bertz CT molecular complexity index is 1190. The molecule has 162 valence electrons. The maximum absolute atomic E-state index is 13.7. The van der Waals surface area contributed by atoms with Gasteiger partial charge in [-0.1, -0.05) is 0 Å². The number of nitriles is 1. The summed E-state index contributed by atoms with van der Waals surface area (Å²) in [7, 11) is 0. The molecule has 1 aromatic carbocycles. The number of H-pyrrole nitrogens is 1. The van der Waals surface area contributed by atoms with E-state index in [0.29, 0.717) is 28.4 Å². The predicted octanol–water partition coefficient (Wildman–Crippen LogP) is 3.73. The van der Waals surface area contributed by atoms with Crippen molar-refractivity contribution in [2.24, 2.45) is 5.41 Å². The number of aromatic amines is 1. The maximum Gasteiger partial charge on any atom is 0.232 e. The summed E-state index contributed by atoms with van der Waals surface area (Å²) in [5.74, 6) is -0.298. The quantitative estimate of drug-likeness (QED) is 0.649. The van der Waals surface area contributed by atoms with Gasteiger partial charge in [-0.2, -0.15) is 15.5 Å². The summed E-state index contributed by atoms with van der Waals surface area (Å²) in [5.41, 5.74) is 2.69. The lowest BCUT2D eigenvalue weighted by atomic mass is 9.60. The van der Waals surface area contributed by atoms with Crippen molar-refractivity contribution in [2.45, 2.75) is 31.6 Å². The average molecular weight is 424 g/mol. The first kappa shape index (κ1) is 19.5. The Hall–Kier alpha value is -3.51. The molecule has 1 atom stereocenters. The normalized spacial score (nSPS) is 18.1. The number of carbonyl (C=O) groups excluding carboxylic acids is 1. The summed E-state index contributed by atoms with van der Waals surface area (Å²) in [5, 5.41) is 23.3. The van der Waals surface area contributed by atoms with Gasteiger partial charge in [0.25, 0.3) is 0 Å². The van der Waals surface area contributed by atoms with Gasteiger partial charge in [-0.25, -0.2) is 9.07 Å². The second-order valence-corrected chi connectivity index (χ2v) is 8.55. The molecule has 5 rings (SSSR count). The minimum atomic E-state index is -0.520. The molecule has 1 amide bonds. The van der Waals surface area contributed by atoms with E-state index >= 15 is 0 Å². The monoisotopic (exact) mass is 424 g/mol. The van der Waals surface area contributed by atoms with E-state index in [1.165, 1.54) is 16.8 Å². The Morgan fingerprint density at radius 3 is 2.94 bits per heavy atom. The Labute approximate surface area is 181 Å². The first-order valence-electron chi connectivity index (χ1n) is 10.1. The fraction of sp³-hybridized carbons (Fsp3) is 0.364. The third-order valence-corrected chi connectivity index (χ3v) is 6.24. The number of aromatic nitrogens is 4. The summed E-state index contributed by atoms with van der Waals surface area (Å²) in [6.07, 6.45) is 5.40. The van der Waals surface area contributed by atoms with Gasteiger partial charge in [-0.05, 0) is 38.0 Å². The molecule has 2 N–H and O–H groups in total. The van der Waals surface area contributed by atoms with Crippen molar-refractivity contribution < 1.29 is 16.8 Å². The zero-order valence-corrected chi connectivity index (χ0v) is 16.9. The Balaban J connectivity index is 0.00000153. The molecule has 0 radical (unpaired) electrons. The molecule has 1 spiro atoms. The van der Waals surface area contributed by atoms with Crippen molar-refractivity contribution in [3.05, 3.63) is 59.3 Å². The topological polar surface area (TPSA) is 109 Å². The van der Waals surface area contributed by atoms with Gasteiger partial charge in [0.1, 0.15) is 5.82 Å². The molecule has 0 unspecified atom stereocenters. The van der Waals surface area contributed by atoms with Crippen molar-refractivity contribution in [2.75, 3.05) is 18.5 Å². The molecule has 31 heavy (non-hydrogen) atoms. The van der Waals surface area contributed by atoms with Crippen molar-refractivity contribution in [3.63, 3.8) is 0 Å². The third kappa shape index (κ3) is 3.59. The number of anilines is 1. The number of nitrogens with one attached hydrogen (secondary N) is 2. The van der Waals surface area contributed by atoms with Gasteiger partial charge in [0.2, 0.25) is 5.91 Å². The van der Waals surface area contributed by atoms with Crippen LogP contribution in [-0.4, -0.2) is 39.1 Å². The number of nitrogens with zero attached hydrogens (tertiary/aromatic N) is 4. The van der Waals surface area contributed by atoms with E-state index in [2.05, 4.69) is 20.6 Å². The van der Waals surface area contributed by atoms with Gasteiger partial charge < -0.3 is 10.1 Å². The van der Waals surface area contributed by atoms with Crippen molar-refractivity contribution in [1.82, 2.24) is 20.0 Å². The number of hydrogen-bond donors (Lipinski definition) is 2. The van der Waals surface area contributed by atoms with Crippen LogP contribution in [0.25, 0.3) is 5.69 Å². The van der Waals surface area contributed by atoms with Crippen molar-refractivity contribution >= 4 is 11.7 Å². The summed E-state index contributed by atoms with van der Waals surface area (Å²) in [4.78, 5) is 12.7. The molecule has 1 saturated heterocycles. The Morgan fingerprint density at radius 1 is 1.42 bits per heavy atom. The molecule has 2 fully saturated rings. The van der Waals surface area contributed by atoms with Gasteiger partial charge >= 0.3 is 0 Å². The number of hydrogen-bond acceptors (Lipinski definition) is 5. The van der Waals surface area contributed by atoms with Gasteiger partial charge in [-0.15, -0.1) is 0 Å². The van der Waals surface area contributed by atoms with Crippen LogP contribution >= 0.6 is 0 Å². The predicted molar refractivity (Wildman–Crippen MR) is 113 cm³/mol. The Morgan fingerprint density at radius 2 is 2.23 bits per heavy atom. The fourth-order valence-corrected chi connectivity index (χ4v) is 4.30. The SMILES string of the molecule is C[C@@H](C(=O)Nc1cc(C2CC3(COC3)C2)[nH]n1)c1cnn(-c2cc(F)cc(C#N)c2)c1.[HH].[HH]. The minimum absolute atomic E-state index is 0. The average Bonchev–Trinajstić information content (AvgIpc) is 3.35. The minimum Gasteiger partial charge on any atom is -0.380 e. The van der Waals surface area contributed by atoms with E-state index in [4.69, 9.17) is 10.00 Å². The largest absolute Gasteiger partial charge is 0.380 e. The van der Waals surface area contributed by atoms with Crippen LogP contribution in [0.1, 0.15) is 51.3 Å². The van der Waals surface area contributed by atoms with Crippen LogP contribution in [-0.2, 0) is 9.53 Å². The number of benzene rings is 1. The molecular weight excluding hydrogens is 399 g/mol. The zero-order valence-electron chi connectivity index (χ0n) is 16.9. The highest BCUT2D eigenvalue weighted by atomic mass is 19.1. The van der Waals surface area contributed by atoms with E-state index in [-0.39, 0.29) is 14.3 Å². The zero-order chi connectivity index (χ0) is 21.6. The van der Waals surface area contributed by atoms with Gasteiger partial charge in [0.05, 0.1) is 42.6 Å². The van der Waals surface area contributed by atoms with E-state index in [9.17, 15) is 9.18 Å². The van der Waals surface area contributed by atoms with Gasteiger partial charge in [0, 0.05) is 37.7 Å². The summed E-state index contributed by atoms with van der Waals surface area (Å²) >= 11 is 0. The van der Waals surface area contributed by atoms with Gasteiger partial charge in [-0.3, -0.25) is 9.89 Å². The second kappa shape index (κ2) is 7.32.